The second-order valence-electron chi connectivity index (χ2n) is 8.03. The molecule has 1 heterocycles. The zero-order valence-corrected chi connectivity index (χ0v) is 18.2. The number of aromatic hydroxyl groups is 1. The fourth-order valence-corrected chi connectivity index (χ4v) is 5.18. The number of nitrogens with zero attached hydrogens (tertiary/aromatic N) is 1. The SMILES string of the molecule is Oc1ccc2c(c1)CCCC(Br)=C2c1ccc(N[C@H]2CCN(CCCF)C2)cc1. The lowest BCUT2D eigenvalue weighted by molar-refractivity contribution is 0.310. The number of phenols is 1. The molecule has 0 unspecified atom stereocenters. The minimum Gasteiger partial charge on any atom is -0.508 e. The molecular formula is C24H28BrFN2O. The summed E-state index contributed by atoms with van der Waals surface area (Å²) in [7, 11) is 0. The van der Waals surface area contributed by atoms with Gasteiger partial charge >= 0.3 is 0 Å². The monoisotopic (exact) mass is 458 g/mol. The van der Waals surface area contributed by atoms with Gasteiger partial charge in [0, 0.05) is 35.8 Å². The first kappa shape index (κ1) is 20.4. The van der Waals surface area contributed by atoms with Crippen molar-refractivity contribution in [2.24, 2.45) is 0 Å². The Morgan fingerprint density at radius 3 is 2.76 bits per heavy atom. The number of phenolic OH excluding ortho intramolecular Hbond substituents is 1. The van der Waals surface area contributed by atoms with E-state index in [9.17, 15) is 9.50 Å². The van der Waals surface area contributed by atoms with Gasteiger partial charge in [-0.05, 0) is 78.6 Å². The molecule has 29 heavy (non-hydrogen) atoms. The first-order chi connectivity index (χ1) is 14.1. The maximum Gasteiger partial charge on any atom is 0.115 e. The van der Waals surface area contributed by atoms with Gasteiger partial charge in [-0.2, -0.15) is 0 Å². The van der Waals surface area contributed by atoms with E-state index in [0.717, 1.165) is 51.0 Å². The number of hydrogen-bond donors (Lipinski definition) is 2. The number of rotatable bonds is 6. The Bertz CT molecular complexity index is 881. The standard InChI is InChI=1S/C24H28BrFN2O/c25-23-4-1-3-18-15-21(29)9-10-22(18)24(23)17-5-7-19(8-6-17)27-20-11-14-28(16-20)13-2-12-26/h5-10,15,20,27,29H,1-4,11-14,16H2/t20-/m0/s1. The second kappa shape index (κ2) is 9.31. The van der Waals surface area contributed by atoms with Gasteiger partial charge in [-0.3, -0.25) is 4.39 Å². The zero-order valence-electron chi connectivity index (χ0n) is 16.6. The van der Waals surface area contributed by atoms with Crippen molar-refractivity contribution in [1.82, 2.24) is 4.90 Å². The van der Waals surface area contributed by atoms with E-state index in [1.54, 1.807) is 6.07 Å². The summed E-state index contributed by atoms with van der Waals surface area (Å²) < 4.78 is 13.6. The summed E-state index contributed by atoms with van der Waals surface area (Å²) in [6, 6.07) is 14.8. The van der Waals surface area contributed by atoms with Crippen molar-refractivity contribution < 1.29 is 9.50 Å². The number of fused-ring (bicyclic) bond motifs is 1. The van der Waals surface area contributed by atoms with E-state index in [1.807, 2.05) is 12.1 Å². The highest BCUT2D eigenvalue weighted by molar-refractivity contribution is 9.11. The fourth-order valence-electron chi connectivity index (χ4n) is 4.45. The Balaban J connectivity index is 1.50. The summed E-state index contributed by atoms with van der Waals surface area (Å²) in [5, 5.41) is 13.5. The van der Waals surface area contributed by atoms with Gasteiger partial charge in [-0.15, -0.1) is 0 Å². The summed E-state index contributed by atoms with van der Waals surface area (Å²) in [6.07, 6.45) is 4.77. The Morgan fingerprint density at radius 1 is 1.14 bits per heavy atom. The zero-order chi connectivity index (χ0) is 20.2. The van der Waals surface area contributed by atoms with Crippen molar-refractivity contribution in [3.63, 3.8) is 0 Å². The number of benzene rings is 2. The maximum absolute atomic E-state index is 12.4. The first-order valence-corrected chi connectivity index (χ1v) is 11.3. The molecule has 1 saturated heterocycles. The van der Waals surface area contributed by atoms with Crippen molar-refractivity contribution in [3.05, 3.63) is 63.6 Å². The number of allylic oxidation sites excluding steroid dienone is 1. The highest BCUT2D eigenvalue weighted by Crippen LogP contribution is 2.39. The van der Waals surface area contributed by atoms with Crippen molar-refractivity contribution in [2.75, 3.05) is 31.6 Å². The summed E-state index contributed by atoms with van der Waals surface area (Å²) in [4.78, 5) is 2.34. The number of nitrogens with one attached hydrogen (secondary N) is 1. The molecular weight excluding hydrogens is 431 g/mol. The quantitative estimate of drug-likeness (QED) is 0.579. The normalized spacial score (nSPS) is 19.9. The van der Waals surface area contributed by atoms with E-state index >= 15 is 0 Å². The molecule has 1 aliphatic heterocycles. The lowest BCUT2D eigenvalue weighted by atomic mass is 9.93. The van der Waals surface area contributed by atoms with Crippen LogP contribution < -0.4 is 5.32 Å². The van der Waals surface area contributed by atoms with Gasteiger partial charge in [0.15, 0.2) is 0 Å². The molecule has 2 aliphatic rings. The van der Waals surface area contributed by atoms with Gasteiger partial charge in [-0.25, -0.2) is 0 Å². The van der Waals surface area contributed by atoms with Crippen LogP contribution in [0.1, 0.15) is 42.4 Å². The van der Waals surface area contributed by atoms with Gasteiger partial charge in [0.05, 0.1) is 6.67 Å². The minimum absolute atomic E-state index is 0.232. The average molecular weight is 459 g/mol. The number of hydrogen-bond acceptors (Lipinski definition) is 3. The van der Waals surface area contributed by atoms with E-state index in [0.29, 0.717) is 18.2 Å². The second-order valence-corrected chi connectivity index (χ2v) is 8.98. The molecule has 2 aromatic rings. The smallest absolute Gasteiger partial charge is 0.115 e. The third-order valence-electron chi connectivity index (χ3n) is 5.90. The summed E-state index contributed by atoms with van der Waals surface area (Å²) in [5.41, 5.74) is 5.94. The molecule has 1 fully saturated rings. The van der Waals surface area contributed by atoms with Crippen LogP contribution in [0.2, 0.25) is 0 Å². The molecule has 2 aromatic carbocycles. The highest BCUT2D eigenvalue weighted by atomic mass is 79.9. The molecule has 1 atom stereocenters. The fraction of sp³-hybridized carbons (Fsp3) is 0.417. The lowest BCUT2D eigenvalue weighted by Gasteiger charge is -2.18. The van der Waals surface area contributed by atoms with E-state index < -0.39 is 0 Å². The van der Waals surface area contributed by atoms with Gasteiger partial charge in [0.2, 0.25) is 0 Å². The topological polar surface area (TPSA) is 35.5 Å². The molecule has 0 amide bonds. The summed E-state index contributed by atoms with van der Waals surface area (Å²) >= 11 is 3.82. The van der Waals surface area contributed by atoms with E-state index in [4.69, 9.17) is 0 Å². The molecule has 0 aromatic heterocycles. The molecule has 0 radical (unpaired) electrons. The number of aryl methyl sites for hydroxylation is 1. The van der Waals surface area contributed by atoms with Crippen molar-refractivity contribution in [3.8, 4) is 5.75 Å². The predicted molar refractivity (Wildman–Crippen MR) is 121 cm³/mol. The van der Waals surface area contributed by atoms with Crippen molar-refractivity contribution >= 4 is 27.2 Å². The number of likely N-dealkylation sites (tertiary alicyclic amines) is 1. The molecule has 154 valence electrons. The third-order valence-corrected chi connectivity index (χ3v) is 6.69. The number of halogens is 2. The van der Waals surface area contributed by atoms with Crippen LogP contribution in [-0.2, 0) is 6.42 Å². The molecule has 0 saturated carbocycles. The Morgan fingerprint density at radius 2 is 1.97 bits per heavy atom. The first-order valence-electron chi connectivity index (χ1n) is 10.5. The third kappa shape index (κ3) is 4.84. The summed E-state index contributed by atoms with van der Waals surface area (Å²) in [5.74, 6) is 0.331. The lowest BCUT2D eigenvalue weighted by Crippen LogP contribution is -2.27. The van der Waals surface area contributed by atoms with E-state index in [2.05, 4.69) is 50.4 Å². The van der Waals surface area contributed by atoms with Gasteiger partial charge in [0.25, 0.3) is 0 Å². The van der Waals surface area contributed by atoms with Crippen molar-refractivity contribution in [1.29, 1.82) is 0 Å². The summed E-state index contributed by atoms with van der Waals surface area (Å²) in [6.45, 7) is 2.64. The van der Waals surface area contributed by atoms with E-state index in [-0.39, 0.29) is 6.67 Å². The van der Waals surface area contributed by atoms with Crippen LogP contribution in [0.3, 0.4) is 0 Å². The van der Waals surface area contributed by atoms with Crippen LogP contribution >= 0.6 is 15.9 Å². The Labute approximate surface area is 180 Å². The molecule has 1 aliphatic carbocycles. The Hall–Kier alpha value is -1.85. The average Bonchev–Trinajstić information content (AvgIpc) is 3.09. The number of anilines is 1. The molecule has 3 nitrogen and oxygen atoms in total. The van der Waals surface area contributed by atoms with Gasteiger partial charge < -0.3 is 15.3 Å². The Kier molecular flexibility index (Phi) is 6.56. The molecule has 2 N–H and O–H groups in total. The van der Waals surface area contributed by atoms with Crippen LogP contribution in [0.4, 0.5) is 10.1 Å². The van der Waals surface area contributed by atoms with Gasteiger partial charge in [-0.1, -0.05) is 34.1 Å². The van der Waals surface area contributed by atoms with Crippen LogP contribution in [0, 0.1) is 0 Å². The maximum atomic E-state index is 12.4. The van der Waals surface area contributed by atoms with Crippen LogP contribution in [-0.4, -0.2) is 42.4 Å². The van der Waals surface area contributed by atoms with Crippen LogP contribution in [0.15, 0.2) is 46.9 Å². The molecule has 0 spiro atoms. The van der Waals surface area contributed by atoms with E-state index in [1.165, 1.54) is 26.7 Å². The van der Waals surface area contributed by atoms with Gasteiger partial charge in [0.1, 0.15) is 5.75 Å². The molecule has 5 heteroatoms. The number of alkyl halides is 1. The van der Waals surface area contributed by atoms with Crippen molar-refractivity contribution in [2.45, 2.75) is 38.1 Å². The minimum atomic E-state index is -0.232. The van der Waals surface area contributed by atoms with Crippen LogP contribution in [0.5, 0.6) is 5.75 Å². The molecule has 4 rings (SSSR count). The predicted octanol–water partition coefficient (Wildman–Crippen LogP) is 5.73. The molecule has 0 bridgehead atoms. The highest BCUT2D eigenvalue weighted by Gasteiger charge is 2.22. The largest absolute Gasteiger partial charge is 0.508 e. The van der Waals surface area contributed by atoms with Crippen LogP contribution in [0.25, 0.3) is 5.57 Å².